The Kier molecular flexibility index (Phi) is 4.56. The highest BCUT2D eigenvalue weighted by Crippen LogP contribution is 2.11. The van der Waals surface area contributed by atoms with Gasteiger partial charge in [-0.1, -0.05) is 12.1 Å². The van der Waals surface area contributed by atoms with E-state index in [4.69, 9.17) is 5.26 Å². The number of nitriles is 1. The van der Waals surface area contributed by atoms with Crippen LogP contribution in [0, 0.1) is 11.3 Å². The van der Waals surface area contributed by atoms with Gasteiger partial charge in [-0.25, -0.2) is 8.42 Å². The summed E-state index contributed by atoms with van der Waals surface area (Å²) in [4.78, 5) is 2.20. The molecular weight excluding hydrogens is 260 g/mol. The van der Waals surface area contributed by atoms with E-state index in [1.165, 1.54) is 12.8 Å². The standard InChI is InChI=1S/C14H18N2O2S/c15-11-13-3-5-14(6-4-13)12-19(17,18)10-9-16-7-1-2-8-16/h3-6H,1-2,7-10,12H2. The molecule has 1 aromatic carbocycles. The van der Waals surface area contributed by atoms with Crippen LogP contribution < -0.4 is 0 Å². The highest BCUT2D eigenvalue weighted by Gasteiger charge is 2.17. The highest BCUT2D eigenvalue weighted by atomic mass is 32.2. The van der Waals surface area contributed by atoms with Crippen molar-refractivity contribution in [2.24, 2.45) is 0 Å². The summed E-state index contributed by atoms with van der Waals surface area (Å²) >= 11 is 0. The van der Waals surface area contributed by atoms with Crippen molar-refractivity contribution in [2.45, 2.75) is 18.6 Å². The zero-order chi connectivity index (χ0) is 13.7. The van der Waals surface area contributed by atoms with Crippen LogP contribution in [0.15, 0.2) is 24.3 Å². The minimum atomic E-state index is -3.07. The molecule has 102 valence electrons. The Balaban J connectivity index is 1.90. The third-order valence-electron chi connectivity index (χ3n) is 3.39. The van der Waals surface area contributed by atoms with Gasteiger partial charge in [-0.2, -0.15) is 5.26 Å². The van der Waals surface area contributed by atoms with Crippen LogP contribution in [-0.2, 0) is 15.6 Å². The molecule has 0 N–H and O–H groups in total. The lowest BCUT2D eigenvalue weighted by Gasteiger charge is -2.14. The van der Waals surface area contributed by atoms with E-state index in [1.807, 2.05) is 6.07 Å². The van der Waals surface area contributed by atoms with Gasteiger partial charge in [-0.15, -0.1) is 0 Å². The average molecular weight is 278 g/mol. The fourth-order valence-electron chi connectivity index (χ4n) is 2.28. The summed E-state index contributed by atoms with van der Waals surface area (Å²) < 4.78 is 24.0. The van der Waals surface area contributed by atoms with Gasteiger partial charge in [0.1, 0.15) is 0 Å². The van der Waals surface area contributed by atoms with Gasteiger partial charge in [-0.3, -0.25) is 0 Å². The fraction of sp³-hybridized carbons (Fsp3) is 0.500. The Morgan fingerprint density at radius 2 is 1.79 bits per heavy atom. The predicted octanol–water partition coefficient (Wildman–Crippen LogP) is 1.57. The first-order valence-corrected chi connectivity index (χ1v) is 8.33. The molecule has 0 saturated carbocycles. The van der Waals surface area contributed by atoms with Crippen molar-refractivity contribution in [3.05, 3.63) is 35.4 Å². The highest BCUT2D eigenvalue weighted by molar-refractivity contribution is 7.90. The maximum absolute atomic E-state index is 12.0. The van der Waals surface area contributed by atoms with Gasteiger partial charge >= 0.3 is 0 Å². The number of rotatable bonds is 5. The van der Waals surface area contributed by atoms with Crippen LogP contribution in [0.1, 0.15) is 24.0 Å². The number of benzene rings is 1. The normalized spacial score (nSPS) is 16.4. The van der Waals surface area contributed by atoms with Crippen molar-refractivity contribution < 1.29 is 8.42 Å². The van der Waals surface area contributed by atoms with Crippen LogP contribution >= 0.6 is 0 Å². The minimum Gasteiger partial charge on any atom is -0.302 e. The smallest absolute Gasteiger partial charge is 0.155 e. The first-order valence-electron chi connectivity index (χ1n) is 6.51. The SMILES string of the molecule is N#Cc1ccc(CS(=O)(=O)CCN2CCCC2)cc1. The van der Waals surface area contributed by atoms with Gasteiger partial charge < -0.3 is 4.90 Å². The first-order chi connectivity index (χ1) is 9.09. The molecule has 2 rings (SSSR count). The number of likely N-dealkylation sites (tertiary alicyclic amines) is 1. The van der Waals surface area contributed by atoms with Crippen molar-refractivity contribution in [1.82, 2.24) is 4.90 Å². The van der Waals surface area contributed by atoms with E-state index in [9.17, 15) is 8.42 Å². The summed E-state index contributed by atoms with van der Waals surface area (Å²) in [7, 11) is -3.07. The number of sulfone groups is 1. The van der Waals surface area contributed by atoms with E-state index in [0.717, 1.165) is 18.7 Å². The molecule has 0 atom stereocenters. The molecule has 1 aliphatic heterocycles. The van der Waals surface area contributed by atoms with E-state index in [0.29, 0.717) is 12.1 Å². The molecule has 0 aromatic heterocycles. The van der Waals surface area contributed by atoms with E-state index < -0.39 is 9.84 Å². The topological polar surface area (TPSA) is 61.2 Å². The lowest BCUT2D eigenvalue weighted by atomic mass is 10.2. The average Bonchev–Trinajstić information content (AvgIpc) is 2.90. The van der Waals surface area contributed by atoms with Crippen molar-refractivity contribution in [3.8, 4) is 6.07 Å². The molecule has 4 nitrogen and oxygen atoms in total. The lowest BCUT2D eigenvalue weighted by molar-refractivity contribution is 0.359. The second-order valence-electron chi connectivity index (χ2n) is 4.95. The van der Waals surface area contributed by atoms with Gasteiger partial charge in [0.25, 0.3) is 0 Å². The van der Waals surface area contributed by atoms with E-state index in [2.05, 4.69) is 4.90 Å². The molecule has 0 spiro atoms. The Bertz CT molecular complexity index is 552. The summed E-state index contributed by atoms with van der Waals surface area (Å²) in [5.41, 5.74) is 1.30. The first kappa shape index (κ1) is 14.0. The maximum atomic E-state index is 12.0. The van der Waals surface area contributed by atoms with Crippen LogP contribution in [0.25, 0.3) is 0 Å². The van der Waals surface area contributed by atoms with Crippen molar-refractivity contribution >= 4 is 9.84 Å². The molecule has 1 heterocycles. The molecule has 1 saturated heterocycles. The summed E-state index contributed by atoms with van der Waals surface area (Å²) in [6.45, 7) is 2.68. The van der Waals surface area contributed by atoms with E-state index in [1.54, 1.807) is 24.3 Å². The van der Waals surface area contributed by atoms with Gasteiger partial charge in [0.15, 0.2) is 9.84 Å². The monoisotopic (exact) mass is 278 g/mol. The molecular formula is C14H18N2O2S. The quantitative estimate of drug-likeness (QED) is 0.820. The van der Waals surface area contributed by atoms with Crippen molar-refractivity contribution in [1.29, 1.82) is 5.26 Å². The zero-order valence-corrected chi connectivity index (χ0v) is 11.7. The van der Waals surface area contributed by atoms with Gasteiger partial charge in [0.05, 0.1) is 23.1 Å². The Morgan fingerprint density at radius 3 is 2.37 bits per heavy atom. The molecule has 0 bridgehead atoms. The van der Waals surface area contributed by atoms with Gasteiger partial charge in [-0.05, 0) is 43.6 Å². The molecule has 1 fully saturated rings. The molecule has 5 heteroatoms. The molecule has 0 aliphatic carbocycles. The van der Waals surface area contributed by atoms with Crippen LogP contribution in [0.2, 0.25) is 0 Å². The Hall–Kier alpha value is -1.38. The third-order valence-corrected chi connectivity index (χ3v) is 4.96. The summed E-state index contributed by atoms with van der Waals surface area (Å²) in [5.74, 6) is 0.277. The molecule has 0 unspecified atom stereocenters. The number of hydrogen-bond acceptors (Lipinski definition) is 4. The van der Waals surface area contributed by atoms with E-state index >= 15 is 0 Å². The van der Waals surface area contributed by atoms with Gasteiger partial charge in [0.2, 0.25) is 0 Å². The van der Waals surface area contributed by atoms with Crippen LogP contribution in [0.3, 0.4) is 0 Å². The second-order valence-corrected chi connectivity index (χ2v) is 7.13. The second kappa shape index (κ2) is 6.18. The molecule has 19 heavy (non-hydrogen) atoms. The van der Waals surface area contributed by atoms with Crippen molar-refractivity contribution in [2.75, 3.05) is 25.4 Å². The maximum Gasteiger partial charge on any atom is 0.155 e. The summed E-state index contributed by atoms with van der Waals surface area (Å²) in [6, 6.07) is 8.77. The Labute approximate surface area is 114 Å². The summed E-state index contributed by atoms with van der Waals surface area (Å²) in [5, 5.41) is 8.69. The summed E-state index contributed by atoms with van der Waals surface area (Å²) in [6.07, 6.45) is 2.35. The van der Waals surface area contributed by atoms with Crippen LogP contribution in [-0.4, -0.2) is 38.7 Å². The number of nitrogens with zero attached hydrogens (tertiary/aromatic N) is 2. The molecule has 1 aromatic rings. The zero-order valence-electron chi connectivity index (χ0n) is 10.9. The van der Waals surface area contributed by atoms with E-state index in [-0.39, 0.29) is 11.5 Å². The largest absolute Gasteiger partial charge is 0.302 e. The molecule has 0 radical (unpaired) electrons. The molecule has 1 aliphatic rings. The fourth-order valence-corrected chi connectivity index (χ4v) is 3.66. The van der Waals surface area contributed by atoms with Gasteiger partial charge in [0, 0.05) is 6.54 Å². The minimum absolute atomic E-state index is 0.0621. The lowest BCUT2D eigenvalue weighted by Crippen LogP contribution is -2.27. The Morgan fingerprint density at radius 1 is 1.16 bits per heavy atom. The third kappa shape index (κ3) is 4.34. The molecule has 0 amide bonds. The van der Waals surface area contributed by atoms with Crippen molar-refractivity contribution in [3.63, 3.8) is 0 Å². The van der Waals surface area contributed by atoms with Crippen LogP contribution in [0.4, 0.5) is 0 Å². The van der Waals surface area contributed by atoms with Crippen LogP contribution in [0.5, 0.6) is 0 Å². The number of hydrogen-bond donors (Lipinski definition) is 0. The predicted molar refractivity (Wildman–Crippen MR) is 74.3 cm³/mol.